The first-order valence-electron chi connectivity index (χ1n) is 7.01. The third-order valence-electron chi connectivity index (χ3n) is 3.67. The lowest BCUT2D eigenvalue weighted by molar-refractivity contribution is 0.124. The van der Waals surface area contributed by atoms with Crippen LogP contribution in [0.4, 0.5) is 0 Å². The zero-order chi connectivity index (χ0) is 12.8. The molecule has 0 aliphatic heterocycles. The molecule has 0 saturated heterocycles. The minimum Gasteiger partial charge on any atom is -0.393 e. The Morgan fingerprint density at radius 3 is 2.65 bits per heavy atom. The average Bonchev–Trinajstić information content (AvgIpc) is 2.23. The van der Waals surface area contributed by atoms with E-state index in [0.717, 1.165) is 30.8 Å². The number of nitrogens with zero attached hydrogens (tertiary/aromatic N) is 1. The van der Waals surface area contributed by atoms with E-state index in [1.54, 1.807) is 0 Å². The van der Waals surface area contributed by atoms with Crippen molar-refractivity contribution in [3.05, 3.63) is 0 Å². The quantitative estimate of drug-likeness (QED) is 0.740. The summed E-state index contributed by atoms with van der Waals surface area (Å²) in [6, 6.07) is 0.760. The summed E-state index contributed by atoms with van der Waals surface area (Å²) in [7, 11) is 0. The predicted octanol–water partition coefficient (Wildman–Crippen LogP) is 3.20. The topological polar surface area (TPSA) is 29.3 Å². The first-order valence-corrected chi connectivity index (χ1v) is 7.42. The predicted molar refractivity (Wildman–Crippen MR) is 79.2 cm³/mol. The Balaban J connectivity index is 2.51. The SMILES string of the molecule is CC(C)CN(CCC(N)=S)C1CCCC(C)C1. The Hall–Kier alpha value is -0.150. The van der Waals surface area contributed by atoms with Crippen LogP contribution >= 0.6 is 12.2 Å². The van der Waals surface area contributed by atoms with Gasteiger partial charge >= 0.3 is 0 Å². The molecule has 0 aromatic carbocycles. The van der Waals surface area contributed by atoms with Crippen molar-refractivity contribution in [1.82, 2.24) is 4.90 Å². The summed E-state index contributed by atoms with van der Waals surface area (Å²) >= 11 is 5.00. The maximum atomic E-state index is 5.63. The number of nitrogens with two attached hydrogens (primary N) is 1. The summed E-state index contributed by atoms with van der Waals surface area (Å²) in [5.74, 6) is 1.60. The van der Waals surface area contributed by atoms with Crippen LogP contribution in [0.3, 0.4) is 0 Å². The Bertz CT molecular complexity index is 240. The zero-order valence-electron chi connectivity index (χ0n) is 11.6. The van der Waals surface area contributed by atoms with Crippen LogP contribution in [0.25, 0.3) is 0 Å². The minimum atomic E-state index is 0.655. The van der Waals surface area contributed by atoms with Crippen LogP contribution in [0.1, 0.15) is 52.9 Å². The van der Waals surface area contributed by atoms with Gasteiger partial charge in [0.15, 0.2) is 0 Å². The van der Waals surface area contributed by atoms with Crippen LogP contribution in [-0.2, 0) is 0 Å². The molecule has 0 radical (unpaired) electrons. The molecule has 1 saturated carbocycles. The van der Waals surface area contributed by atoms with Gasteiger partial charge in [-0.2, -0.15) is 0 Å². The molecular weight excluding hydrogens is 228 g/mol. The van der Waals surface area contributed by atoms with Crippen LogP contribution in [0.15, 0.2) is 0 Å². The fourth-order valence-electron chi connectivity index (χ4n) is 2.88. The van der Waals surface area contributed by atoms with E-state index in [-0.39, 0.29) is 0 Å². The molecule has 1 fully saturated rings. The molecule has 1 aliphatic rings. The molecule has 1 rings (SSSR count). The molecule has 2 unspecified atom stereocenters. The fraction of sp³-hybridized carbons (Fsp3) is 0.929. The maximum Gasteiger partial charge on any atom is 0.0740 e. The van der Waals surface area contributed by atoms with E-state index in [9.17, 15) is 0 Å². The van der Waals surface area contributed by atoms with Crippen LogP contribution in [0, 0.1) is 11.8 Å². The van der Waals surface area contributed by atoms with Crippen molar-refractivity contribution in [2.45, 2.75) is 58.9 Å². The Morgan fingerprint density at radius 2 is 2.12 bits per heavy atom. The van der Waals surface area contributed by atoms with Crippen LogP contribution in [0.2, 0.25) is 0 Å². The molecule has 0 aromatic heterocycles. The molecule has 2 N–H and O–H groups in total. The molecule has 0 bridgehead atoms. The second kappa shape index (κ2) is 7.32. The van der Waals surface area contributed by atoms with E-state index in [0.29, 0.717) is 4.99 Å². The molecule has 17 heavy (non-hydrogen) atoms. The van der Waals surface area contributed by atoms with Gasteiger partial charge < -0.3 is 5.73 Å². The second-order valence-electron chi connectivity index (χ2n) is 6.03. The lowest BCUT2D eigenvalue weighted by Crippen LogP contribution is -2.42. The number of hydrogen-bond donors (Lipinski definition) is 1. The van der Waals surface area contributed by atoms with Crippen LogP contribution in [-0.4, -0.2) is 29.0 Å². The van der Waals surface area contributed by atoms with Gasteiger partial charge in [-0.3, -0.25) is 4.90 Å². The highest BCUT2D eigenvalue weighted by Crippen LogP contribution is 2.27. The Labute approximate surface area is 112 Å². The van der Waals surface area contributed by atoms with Gasteiger partial charge in [-0.05, 0) is 24.7 Å². The van der Waals surface area contributed by atoms with Crippen molar-refractivity contribution in [1.29, 1.82) is 0 Å². The first kappa shape index (κ1) is 14.9. The third kappa shape index (κ3) is 5.82. The van der Waals surface area contributed by atoms with Crippen molar-refractivity contribution in [3.8, 4) is 0 Å². The molecule has 0 amide bonds. The average molecular weight is 256 g/mol. The number of hydrogen-bond acceptors (Lipinski definition) is 2. The Kier molecular flexibility index (Phi) is 6.42. The summed E-state index contributed by atoms with van der Waals surface area (Å²) in [5, 5.41) is 0. The lowest BCUT2D eigenvalue weighted by Gasteiger charge is -2.37. The van der Waals surface area contributed by atoms with E-state index < -0.39 is 0 Å². The van der Waals surface area contributed by atoms with Gasteiger partial charge in [0.25, 0.3) is 0 Å². The summed E-state index contributed by atoms with van der Waals surface area (Å²) in [6.07, 6.45) is 6.36. The Morgan fingerprint density at radius 1 is 1.41 bits per heavy atom. The van der Waals surface area contributed by atoms with Crippen molar-refractivity contribution < 1.29 is 0 Å². The van der Waals surface area contributed by atoms with E-state index in [2.05, 4.69) is 25.7 Å². The van der Waals surface area contributed by atoms with Crippen LogP contribution in [0.5, 0.6) is 0 Å². The van der Waals surface area contributed by atoms with Gasteiger partial charge in [0, 0.05) is 25.6 Å². The van der Waals surface area contributed by atoms with Gasteiger partial charge in [-0.25, -0.2) is 0 Å². The highest BCUT2D eigenvalue weighted by Gasteiger charge is 2.24. The molecule has 0 heterocycles. The highest BCUT2D eigenvalue weighted by atomic mass is 32.1. The fourth-order valence-corrected chi connectivity index (χ4v) is 2.97. The monoisotopic (exact) mass is 256 g/mol. The minimum absolute atomic E-state index is 0.655. The zero-order valence-corrected chi connectivity index (χ0v) is 12.4. The van der Waals surface area contributed by atoms with Gasteiger partial charge in [-0.15, -0.1) is 0 Å². The molecule has 100 valence electrons. The van der Waals surface area contributed by atoms with Gasteiger partial charge in [-0.1, -0.05) is 45.8 Å². The van der Waals surface area contributed by atoms with Gasteiger partial charge in [0.1, 0.15) is 0 Å². The molecular formula is C14H28N2S. The standard InChI is InChI=1S/C14H28N2S/c1-11(2)10-16(8-7-14(15)17)13-6-4-5-12(3)9-13/h11-13H,4-10H2,1-3H3,(H2,15,17). The molecule has 0 aromatic rings. The van der Waals surface area contributed by atoms with E-state index in [1.165, 1.54) is 32.2 Å². The molecule has 1 aliphatic carbocycles. The van der Waals surface area contributed by atoms with E-state index in [4.69, 9.17) is 18.0 Å². The second-order valence-corrected chi connectivity index (χ2v) is 6.56. The van der Waals surface area contributed by atoms with Gasteiger partial charge in [0.2, 0.25) is 0 Å². The summed E-state index contributed by atoms with van der Waals surface area (Å²) in [6.45, 7) is 9.19. The highest BCUT2D eigenvalue weighted by molar-refractivity contribution is 7.80. The molecule has 0 spiro atoms. The number of rotatable bonds is 6. The maximum absolute atomic E-state index is 5.63. The van der Waals surface area contributed by atoms with E-state index >= 15 is 0 Å². The third-order valence-corrected chi connectivity index (χ3v) is 3.87. The summed E-state index contributed by atoms with van der Waals surface area (Å²) in [4.78, 5) is 3.28. The van der Waals surface area contributed by atoms with Crippen LogP contribution < -0.4 is 5.73 Å². The summed E-state index contributed by atoms with van der Waals surface area (Å²) in [5.41, 5.74) is 5.63. The van der Waals surface area contributed by atoms with Crippen molar-refractivity contribution in [3.63, 3.8) is 0 Å². The normalized spacial score (nSPS) is 25.5. The number of thiocarbonyl (C=S) groups is 1. The summed E-state index contributed by atoms with van der Waals surface area (Å²) < 4.78 is 0. The molecule has 3 heteroatoms. The lowest BCUT2D eigenvalue weighted by atomic mass is 9.86. The van der Waals surface area contributed by atoms with Crippen molar-refractivity contribution in [2.75, 3.05) is 13.1 Å². The largest absolute Gasteiger partial charge is 0.393 e. The van der Waals surface area contributed by atoms with E-state index in [1.807, 2.05) is 0 Å². The van der Waals surface area contributed by atoms with Crippen molar-refractivity contribution >= 4 is 17.2 Å². The molecule has 2 nitrogen and oxygen atoms in total. The molecule has 2 atom stereocenters. The smallest absolute Gasteiger partial charge is 0.0740 e. The van der Waals surface area contributed by atoms with Gasteiger partial charge in [0.05, 0.1) is 4.99 Å². The van der Waals surface area contributed by atoms with Crippen molar-refractivity contribution in [2.24, 2.45) is 17.6 Å². The first-order chi connectivity index (χ1) is 7.99.